The van der Waals surface area contributed by atoms with Gasteiger partial charge in [-0.25, -0.2) is 4.98 Å². The Balaban J connectivity index is 1.73. The van der Waals surface area contributed by atoms with E-state index in [4.69, 9.17) is 4.74 Å². The van der Waals surface area contributed by atoms with Crippen molar-refractivity contribution < 1.29 is 9.53 Å². The molecule has 1 saturated heterocycles. The lowest BCUT2D eigenvalue weighted by molar-refractivity contribution is -0.144. The van der Waals surface area contributed by atoms with Crippen molar-refractivity contribution in [3.05, 3.63) is 27.9 Å². The second kappa shape index (κ2) is 5.60. The average Bonchev–Trinajstić information content (AvgIpc) is 2.99. The summed E-state index contributed by atoms with van der Waals surface area (Å²) in [6.45, 7) is 3.07. The Morgan fingerprint density at radius 3 is 3.00 bits per heavy atom. The third-order valence-corrected chi connectivity index (χ3v) is 4.44. The molecule has 2 aliphatic heterocycles. The maximum Gasteiger partial charge on any atom is 0.256 e. The molecule has 1 aromatic rings. The number of carbonyl (C=O) groups is 1. The van der Waals surface area contributed by atoms with Crippen LogP contribution in [-0.4, -0.2) is 39.1 Å². The van der Waals surface area contributed by atoms with Crippen molar-refractivity contribution in [3.8, 4) is 0 Å². The van der Waals surface area contributed by atoms with Gasteiger partial charge < -0.3 is 14.2 Å². The number of aromatic nitrogens is 2. The molecule has 1 fully saturated rings. The number of amides is 1. The molecule has 0 N–H and O–H groups in total. The van der Waals surface area contributed by atoms with E-state index < -0.39 is 0 Å². The van der Waals surface area contributed by atoms with E-state index in [0.29, 0.717) is 19.5 Å². The van der Waals surface area contributed by atoms with Crippen LogP contribution >= 0.6 is 0 Å². The quantitative estimate of drug-likeness (QED) is 0.801. The van der Waals surface area contributed by atoms with Crippen molar-refractivity contribution in [2.24, 2.45) is 7.05 Å². The Hall–Kier alpha value is -1.69. The summed E-state index contributed by atoms with van der Waals surface area (Å²) in [6, 6.07) is 0. The molecule has 6 nitrogen and oxygen atoms in total. The summed E-state index contributed by atoms with van der Waals surface area (Å²) >= 11 is 0. The van der Waals surface area contributed by atoms with E-state index >= 15 is 0 Å². The fourth-order valence-electron chi connectivity index (χ4n) is 3.10. The predicted octanol–water partition coefficient (Wildman–Crippen LogP) is 0.623. The third-order valence-electron chi connectivity index (χ3n) is 4.44. The molecular formula is C15H21N3O3. The highest BCUT2D eigenvalue weighted by molar-refractivity contribution is 5.81. The summed E-state index contributed by atoms with van der Waals surface area (Å²) in [5.74, 6) is 0.0408. The van der Waals surface area contributed by atoms with E-state index in [1.54, 1.807) is 11.9 Å². The zero-order valence-electron chi connectivity index (χ0n) is 12.5. The number of aryl methyl sites for hydroxylation is 1. The van der Waals surface area contributed by atoms with Crippen LogP contribution in [0.25, 0.3) is 0 Å². The lowest BCUT2D eigenvalue weighted by Gasteiger charge is -2.29. The van der Waals surface area contributed by atoms with Crippen LogP contribution in [0.1, 0.15) is 37.4 Å². The minimum absolute atomic E-state index is 0.00439. The second-order valence-corrected chi connectivity index (χ2v) is 5.83. The van der Waals surface area contributed by atoms with Crippen LogP contribution in [0.3, 0.4) is 0 Å². The monoisotopic (exact) mass is 291 g/mol. The van der Waals surface area contributed by atoms with Crippen LogP contribution in [0.4, 0.5) is 0 Å². The van der Waals surface area contributed by atoms with Crippen LogP contribution < -0.4 is 5.56 Å². The van der Waals surface area contributed by atoms with Crippen molar-refractivity contribution >= 4 is 5.91 Å². The Morgan fingerprint density at radius 1 is 1.48 bits per heavy atom. The first-order valence-electron chi connectivity index (χ1n) is 7.57. The number of hydrogen-bond donors (Lipinski definition) is 0. The number of carbonyl (C=O) groups excluding carboxylic acids is 1. The van der Waals surface area contributed by atoms with Gasteiger partial charge in [0.05, 0.1) is 24.7 Å². The van der Waals surface area contributed by atoms with E-state index in [0.717, 1.165) is 30.5 Å². The Labute approximate surface area is 123 Å². The fourth-order valence-corrected chi connectivity index (χ4v) is 3.10. The number of hydrogen-bond acceptors (Lipinski definition) is 4. The predicted molar refractivity (Wildman–Crippen MR) is 76.8 cm³/mol. The largest absolute Gasteiger partial charge is 0.365 e. The third kappa shape index (κ3) is 2.60. The zero-order chi connectivity index (χ0) is 15.0. The van der Waals surface area contributed by atoms with Crippen LogP contribution in [0.5, 0.6) is 0 Å². The van der Waals surface area contributed by atoms with E-state index in [1.807, 2.05) is 0 Å². The van der Waals surface area contributed by atoms with E-state index in [-0.39, 0.29) is 23.7 Å². The maximum absolute atomic E-state index is 12.5. The summed E-state index contributed by atoms with van der Waals surface area (Å²) < 4.78 is 7.27. The van der Waals surface area contributed by atoms with Crippen molar-refractivity contribution in [1.29, 1.82) is 0 Å². The van der Waals surface area contributed by atoms with Gasteiger partial charge in [-0.3, -0.25) is 9.59 Å². The molecule has 2 atom stereocenters. The molecule has 114 valence electrons. The highest BCUT2D eigenvalue weighted by atomic mass is 16.5. The average molecular weight is 291 g/mol. The summed E-state index contributed by atoms with van der Waals surface area (Å²) in [5, 5.41) is 0. The molecule has 1 aromatic heterocycles. The van der Waals surface area contributed by atoms with Crippen LogP contribution in [0.2, 0.25) is 0 Å². The van der Waals surface area contributed by atoms with Crippen molar-refractivity contribution in [1.82, 2.24) is 14.5 Å². The molecule has 2 aliphatic rings. The van der Waals surface area contributed by atoms with E-state index in [2.05, 4.69) is 11.9 Å². The molecule has 0 saturated carbocycles. The molecule has 6 heteroatoms. The van der Waals surface area contributed by atoms with Gasteiger partial charge in [-0.1, -0.05) is 6.92 Å². The van der Waals surface area contributed by atoms with E-state index in [1.165, 1.54) is 10.9 Å². The summed E-state index contributed by atoms with van der Waals surface area (Å²) in [7, 11) is 1.70. The molecule has 2 unspecified atom stereocenters. The number of fused-ring (bicyclic) bond motifs is 1. The smallest absolute Gasteiger partial charge is 0.256 e. The van der Waals surface area contributed by atoms with Crippen molar-refractivity contribution in [2.45, 2.75) is 51.4 Å². The lowest BCUT2D eigenvalue weighted by Crippen LogP contribution is -2.44. The van der Waals surface area contributed by atoms with Crippen LogP contribution in [0, 0.1) is 0 Å². The minimum Gasteiger partial charge on any atom is -0.365 e. The van der Waals surface area contributed by atoms with Gasteiger partial charge in [0.1, 0.15) is 6.10 Å². The first-order chi connectivity index (χ1) is 10.1. The summed E-state index contributed by atoms with van der Waals surface area (Å²) in [5.41, 5.74) is 1.46. The molecule has 3 heterocycles. The molecule has 1 amide bonds. The Morgan fingerprint density at radius 2 is 2.29 bits per heavy atom. The molecule has 0 radical (unpaired) electrons. The standard InChI is InChI=1S/C15H21N3O3/c1-3-10-4-5-13(21-10)15(20)18-7-6-11-12(8-18)16-9-17(2)14(11)19/h9-10,13H,3-8H2,1-2H3. The van der Waals surface area contributed by atoms with Gasteiger partial charge in [0.25, 0.3) is 11.5 Å². The molecule has 0 aliphatic carbocycles. The molecule has 3 rings (SSSR count). The molecule has 0 spiro atoms. The minimum atomic E-state index is -0.317. The van der Waals surface area contributed by atoms with Gasteiger partial charge in [0.15, 0.2) is 0 Å². The maximum atomic E-state index is 12.5. The van der Waals surface area contributed by atoms with Crippen molar-refractivity contribution in [2.75, 3.05) is 6.54 Å². The van der Waals surface area contributed by atoms with Gasteiger partial charge in [-0.15, -0.1) is 0 Å². The summed E-state index contributed by atoms with van der Waals surface area (Å²) in [4.78, 5) is 30.6. The van der Waals surface area contributed by atoms with Gasteiger partial charge in [-0.2, -0.15) is 0 Å². The van der Waals surface area contributed by atoms with Gasteiger partial charge >= 0.3 is 0 Å². The van der Waals surface area contributed by atoms with Gasteiger partial charge in [-0.05, 0) is 25.7 Å². The first-order valence-corrected chi connectivity index (χ1v) is 7.57. The topological polar surface area (TPSA) is 64.4 Å². The Kier molecular flexibility index (Phi) is 3.80. The van der Waals surface area contributed by atoms with E-state index in [9.17, 15) is 9.59 Å². The molecule has 0 bridgehead atoms. The Bertz CT molecular complexity index is 611. The number of rotatable bonds is 2. The highest BCUT2D eigenvalue weighted by Crippen LogP contribution is 2.25. The molecule has 0 aromatic carbocycles. The van der Waals surface area contributed by atoms with Crippen molar-refractivity contribution in [3.63, 3.8) is 0 Å². The highest BCUT2D eigenvalue weighted by Gasteiger charge is 2.34. The zero-order valence-corrected chi connectivity index (χ0v) is 12.5. The fraction of sp³-hybridized carbons (Fsp3) is 0.667. The second-order valence-electron chi connectivity index (χ2n) is 5.83. The molecule has 21 heavy (non-hydrogen) atoms. The number of ether oxygens (including phenoxy) is 1. The van der Waals surface area contributed by atoms with Gasteiger partial charge in [0, 0.05) is 19.2 Å². The lowest BCUT2D eigenvalue weighted by atomic mass is 10.1. The number of nitrogens with zero attached hydrogens (tertiary/aromatic N) is 3. The SMILES string of the molecule is CCC1CCC(C(=O)N2CCc3c(ncn(C)c3=O)C2)O1. The normalized spacial score (nSPS) is 25.0. The summed E-state index contributed by atoms with van der Waals surface area (Å²) in [6.07, 6.45) is 4.69. The first kappa shape index (κ1) is 14.3. The van der Waals surface area contributed by atoms with Crippen LogP contribution in [0.15, 0.2) is 11.1 Å². The van der Waals surface area contributed by atoms with Gasteiger partial charge in [0.2, 0.25) is 0 Å². The van der Waals surface area contributed by atoms with Crippen LogP contribution in [-0.2, 0) is 29.5 Å². The molecular weight excluding hydrogens is 270 g/mol.